The Morgan fingerprint density at radius 3 is 2.78 bits per heavy atom. The fourth-order valence-corrected chi connectivity index (χ4v) is 2.24. The number of aromatic nitrogens is 1. The number of hydrogen-bond donors (Lipinski definition) is 2. The van der Waals surface area contributed by atoms with Crippen LogP contribution in [0.5, 0.6) is 0 Å². The first-order valence-electron chi connectivity index (χ1n) is 6.12. The van der Waals surface area contributed by atoms with E-state index in [-0.39, 0.29) is 13.0 Å². The number of carboxylic acids is 1. The number of aliphatic hydroxyl groups is 1. The number of para-hydroxylation sites is 1. The Hall–Kier alpha value is -1.81. The fraction of sp³-hybridized carbons (Fsp3) is 0.357. The summed E-state index contributed by atoms with van der Waals surface area (Å²) in [6, 6.07) is 8.01. The molecule has 4 heteroatoms. The van der Waals surface area contributed by atoms with Gasteiger partial charge in [-0.3, -0.25) is 4.79 Å². The third kappa shape index (κ3) is 2.71. The zero-order valence-corrected chi connectivity index (χ0v) is 10.2. The average molecular weight is 247 g/mol. The van der Waals surface area contributed by atoms with E-state index in [1.165, 1.54) is 0 Å². The number of fused-ring (bicyclic) bond motifs is 1. The quantitative estimate of drug-likeness (QED) is 0.821. The van der Waals surface area contributed by atoms with Crippen LogP contribution in [0, 0.1) is 0 Å². The molecule has 0 aliphatic rings. The Morgan fingerprint density at radius 2 is 2.06 bits per heavy atom. The van der Waals surface area contributed by atoms with Crippen molar-refractivity contribution in [3.8, 4) is 0 Å². The molecule has 0 bridgehead atoms. The SMILES string of the molecule is O=C(O)CCCc1cn(CCO)c2ccccc12. The summed E-state index contributed by atoms with van der Waals surface area (Å²) in [5.74, 6) is -0.755. The molecule has 4 nitrogen and oxygen atoms in total. The summed E-state index contributed by atoms with van der Waals surface area (Å²) in [5.41, 5.74) is 2.25. The van der Waals surface area contributed by atoms with Crippen LogP contribution in [0.4, 0.5) is 0 Å². The van der Waals surface area contributed by atoms with Gasteiger partial charge in [0.1, 0.15) is 0 Å². The molecule has 96 valence electrons. The Morgan fingerprint density at radius 1 is 1.28 bits per heavy atom. The van der Waals surface area contributed by atoms with Gasteiger partial charge in [0.25, 0.3) is 0 Å². The Bertz CT molecular complexity index is 545. The number of carbonyl (C=O) groups is 1. The second kappa shape index (κ2) is 5.69. The highest BCUT2D eigenvalue weighted by atomic mass is 16.4. The van der Waals surface area contributed by atoms with Gasteiger partial charge in [0.2, 0.25) is 0 Å². The van der Waals surface area contributed by atoms with Gasteiger partial charge in [-0.25, -0.2) is 0 Å². The molecule has 0 aliphatic carbocycles. The van der Waals surface area contributed by atoms with E-state index >= 15 is 0 Å². The second-order valence-corrected chi connectivity index (χ2v) is 4.34. The normalized spacial score (nSPS) is 10.9. The maximum Gasteiger partial charge on any atom is 0.303 e. The van der Waals surface area contributed by atoms with Gasteiger partial charge in [-0.05, 0) is 24.5 Å². The molecule has 2 aromatic rings. The highest BCUT2D eigenvalue weighted by molar-refractivity contribution is 5.84. The largest absolute Gasteiger partial charge is 0.481 e. The molecule has 18 heavy (non-hydrogen) atoms. The summed E-state index contributed by atoms with van der Waals surface area (Å²) in [5, 5.41) is 18.8. The molecule has 1 aromatic carbocycles. The van der Waals surface area contributed by atoms with E-state index in [0.29, 0.717) is 13.0 Å². The number of benzene rings is 1. The third-order valence-electron chi connectivity index (χ3n) is 3.05. The van der Waals surface area contributed by atoms with Crippen molar-refractivity contribution in [2.45, 2.75) is 25.8 Å². The molecule has 2 rings (SSSR count). The third-order valence-corrected chi connectivity index (χ3v) is 3.05. The molecule has 0 atom stereocenters. The minimum absolute atomic E-state index is 0.104. The summed E-state index contributed by atoms with van der Waals surface area (Å²) in [6.45, 7) is 0.673. The van der Waals surface area contributed by atoms with Crippen molar-refractivity contribution in [3.05, 3.63) is 36.0 Å². The number of hydrogen-bond acceptors (Lipinski definition) is 2. The van der Waals surface area contributed by atoms with Crippen LogP contribution in [0.3, 0.4) is 0 Å². The lowest BCUT2D eigenvalue weighted by Gasteiger charge is -2.00. The lowest BCUT2D eigenvalue weighted by molar-refractivity contribution is -0.137. The van der Waals surface area contributed by atoms with Crippen LogP contribution in [0.25, 0.3) is 10.9 Å². The number of carboxylic acid groups (broad SMARTS) is 1. The summed E-state index contributed by atoms with van der Waals surface area (Å²) in [4.78, 5) is 10.5. The standard InChI is InChI=1S/C14H17NO3/c16-9-8-15-10-11(4-3-7-14(17)18)12-5-1-2-6-13(12)15/h1-2,5-6,10,16H,3-4,7-9H2,(H,17,18). The summed E-state index contributed by atoms with van der Waals surface area (Å²) in [6.07, 6.45) is 3.61. The average Bonchev–Trinajstić information content (AvgIpc) is 2.69. The molecule has 2 N–H and O–H groups in total. The molecular weight excluding hydrogens is 230 g/mol. The van der Waals surface area contributed by atoms with Gasteiger partial charge in [-0.2, -0.15) is 0 Å². The number of aliphatic hydroxyl groups excluding tert-OH is 1. The molecule has 0 unspecified atom stereocenters. The first-order valence-corrected chi connectivity index (χ1v) is 6.12. The van der Waals surface area contributed by atoms with E-state index in [2.05, 4.69) is 0 Å². The highest BCUT2D eigenvalue weighted by Crippen LogP contribution is 2.22. The number of aliphatic carboxylic acids is 1. The van der Waals surface area contributed by atoms with Gasteiger partial charge in [-0.15, -0.1) is 0 Å². The minimum Gasteiger partial charge on any atom is -0.481 e. The van der Waals surface area contributed by atoms with Gasteiger partial charge in [0, 0.05) is 30.1 Å². The molecule has 0 amide bonds. The van der Waals surface area contributed by atoms with Crippen molar-refractivity contribution in [2.75, 3.05) is 6.61 Å². The van der Waals surface area contributed by atoms with E-state index < -0.39 is 5.97 Å². The van der Waals surface area contributed by atoms with E-state index in [1.807, 2.05) is 35.0 Å². The van der Waals surface area contributed by atoms with Crippen LogP contribution < -0.4 is 0 Å². The maximum absolute atomic E-state index is 10.5. The molecule has 0 radical (unpaired) electrons. The van der Waals surface area contributed by atoms with Gasteiger partial charge < -0.3 is 14.8 Å². The zero-order valence-electron chi connectivity index (χ0n) is 10.2. The van der Waals surface area contributed by atoms with Crippen molar-refractivity contribution in [1.29, 1.82) is 0 Å². The van der Waals surface area contributed by atoms with E-state index in [1.54, 1.807) is 0 Å². The number of aryl methyl sites for hydroxylation is 1. The van der Waals surface area contributed by atoms with Gasteiger partial charge in [0.05, 0.1) is 6.61 Å². The minimum atomic E-state index is -0.755. The van der Waals surface area contributed by atoms with E-state index in [9.17, 15) is 4.79 Å². The van der Waals surface area contributed by atoms with Crippen molar-refractivity contribution in [3.63, 3.8) is 0 Å². The Balaban J connectivity index is 2.24. The molecule has 1 heterocycles. The van der Waals surface area contributed by atoms with Crippen molar-refractivity contribution in [1.82, 2.24) is 4.57 Å². The topological polar surface area (TPSA) is 62.5 Å². The van der Waals surface area contributed by atoms with Gasteiger partial charge in [0.15, 0.2) is 0 Å². The van der Waals surface area contributed by atoms with Crippen LogP contribution in [0.1, 0.15) is 18.4 Å². The lowest BCUT2D eigenvalue weighted by atomic mass is 10.1. The summed E-state index contributed by atoms with van der Waals surface area (Å²) >= 11 is 0. The molecule has 0 saturated heterocycles. The predicted octanol–water partition coefficient (Wildman–Crippen LogP) is 2.04. The van der Waals surface area contributed by atoms with Crippen LogP contribution in [0.15, 0.2) is 30.5 Å². The van der Waals surface area contributed by atoms with Crippen LogP contribution in [0.2, 0.25) is 0 Å². The second-order valence-electron chi connectivity index (χ2n) is 4.34. The maximum atomic E-state index is 10.5. The number of rotatable bonds is 6. The first-order chi connectivity index (χ1) is 8.72. The lowest BCUT2D eigenvalue weighted by Crippen LogP contribution is -1.99. The number of nitrogens with zero attached hydrogens (tertiary/aromatic N) is 1. The molecule has 0 fully saturated rings. The van der Waals surface area contributed by atoms with E-state index in [4.69, 9.17) is 10.2 Å². The Labute approximate surface area is 105 Å². The molecule has 1 aromatic heterocycles. The molecular formula is C14H17NO3. The smallest absolute Gasteiger partial charge is 0.303 e. The van der Waals surface area contributed by atoms with Crippen molar-refractivity contribution < 1.29 is 15.0 Å². The van der Waals surface area contributed by atoms with E-state index in [0.717, 1.165) is 22.9 Å². The van der Waals surface area contributed by atoms with Crippen molar-refractivity contribution in [2.24, 2.45) is 0 Å². The molecule has 0 saturated carbocycles. The zero-order chi connectivity index (χ0) is 13.0. The monoisotopic (exact) mass is 247 g/mol. The van der Waals surface area contributed by atoms with Crippen LogP contribution >= 0.6 is 0 Å². The molecule has 0 aliphatic heterocycles. The molecule has 0 spiro atoms. The summed E-state index contributed by atoms with van der Waals surface area (Å²) < 4.78 is 2.02. The highest BCUT2D eigenvalue weighted by Gasteiger charge is 2.08. The Kier molecular flexibility index (Phi) is 3.99. The predicted molar refractivity (Wildman–Crippen MR) is 69.6 cm³/mol. The first kappa shape index (κ1) is 12.6. The fourth-order valence-electron chi connectivity index (χ4n) is 2.24. The van der Waals surface area contributed by atoms with Crippen LogP contribution in [-0.2, 0) is 17.8 Å². The van der Waals surface area contributed by atoms with Gasteiger partial charge in [-0.1, -0.05) is 18.2 Å². The van der Waals surface area contributed by atoms with Crippen molar-refractivity contribution >= 4 is 16.9 Å². The summed E-state index contributed by atoms with van der Waals surface area (Å²) in [7, 11) is 0. The van der Waals surface area contributed by atoms with Gasteiger partial charge >= 0.3 is 5.97 Å². The van der Waals surface area contributed by atoms with Crippen LogP contribution in [-0.4, -0.2) is 27.4 Å².